The SMILES string of the molecule is O=C(Nc1ccc(Cl)cc1Cl)c1ccc(C2CC2)nn1. The number of anilines is 1. The average molecular weight is 308 g/mol. The van der Waals surface area contributed by atoms with Gasteiger partial charge in [0.2, 0.25) is 0 Å². The smallest absolute Gasteiger partial charge is 0.276 e. The molecule has 1 fully saturated rings. The van der Waals surface area contributed by atoms with Gasteiger partial charge < -0.3 is 5.32 Å². The molecule has 1 heterocycles. The van der Waals surface area contributed by atoms with E-state index < -0.39 is 0 Å². The Morgan fingerprint density at radius 1 is 1.15 bits per heavy atom. The zero-order valence-electron chi connectivity index (χ0n) is 10.4. The molecule has 20 heavy (non-hydrogen) atoms. The second-order valence-electron chi connectivity index (χ2n) is 4.70. The molecule has 1 aliphatic rings. The molecule has 1 amide bonds. The van der Waals surface area contributed by atoms with Gasteiger partial charge in [0.25, 0.3) is 5.91 Å². The van der Waals surface area contributed by atoms with Crippen LogP contribution in [-0.4, -0.2) is 16.1 Å². The summed E-state index contributed by atoms with van der Waals surface area (Å²) in [5.41, 5.74) is 1.71. The molecule has 0 saturated heterocycles. The van der Waals surface area contributed by atoms with Crippen molar-refractivity contribution in [2.75, 3.05) is 5.32 Å². The predicted molar refractivity (Wildman–Crippen MR) is 78.4 cm³/mol. The summed E-state index contributed by atoms with van der Waals surface area (Å²) >= 11 is 11.8. The molecule has 0 bridgehead atoms. The zero-order chi connectivity index (χ0) is 14.1. The van der Waals surface area contributed by atoms with E-state index in [1.165, 1.54) is 0 Å². The molecule has 1 saturated carbocycles. The lowest BCUT2D eigenvalue weighted by Gasteiger charge is -2.07. The summed E-state index contributed by atoms with van der Waals surface area (Å²) < 4.78 is 0. The van der Waals surface area contributed by atoms with Crippen molar-refractivity contribution in [1.82, 2.24) is 10.2 Å². The van der Waals surface area contributed by atoms with Gasteiger partial charge in [0, 0.05) is 10.9 Å². The summed E-state index contributed by atoms with van der Waals surface area (Å²) in [5.74, 6) is 0.175. The van der Waals surface area contributed by atoms with Crippen molar-refractivity contribution in [3.8, 4) is 0 Å². The van der Waals surface area contributed by atoms with Crippen LogP contribution in [0.15, 0.2) is 30.3 Å². The van der Waals surface area contributed by atoms with Crippen LogP contribution in [0.5, 0.6) is 0 Å². The van der Waals surface area contributed by atoms with E-state index in [0.29, 0.717) is 21.7 Å². The first-order valence-corrected chi connectivity index (χ1v) is 6.99. The van der Waals surface area contributed by atoms with E-state index in [9.17, 15) is 4.79 Å². The highest BCUT2D eigenvalue weighted by molar-refractivity contribution is 6.36. The maximum Gasteiger partial charge on any atom is 0.276 e. The molecule has 102 valence electrons. The Labute approximate surface area is 126 Å². The summed E-state index contributed by atoms with van der Waals surface area (Å²) in [6.45, 7) is 0. The van der Waals surface area contributed by atoms with Crippen LogP contribution in [0.1, 0.15) is 34.9 Å². The van der Waals surface area contributed by atoms with Crippen LogP contribution in [0.4, 0.5) is 5.69 Å². The first-order chi connectivity index (χ1) is 9.63. The normalized spacial score (nSPS) is 14.1. The third-order valence-electron chi connectivity index (χ3n) is 3.09. The van der Waals surface area contributed by atoms with Crippen LogP contribution in [0, 0.1) is 0 Å². The Morgan fingerprint density at radius 3 is 2.55 bits per heavy atom. The second-order valence-corrected chi connectivity index (χ2v) is 5.54. The minimum atomic E-state index is -0.343. The topological polar surface area (TPSA) is 54.9 Å². The molecule has 1 N–H and O–H groups in total. The summed E-state index contributed by atoms with van der Waals surface area (Å²) in [6, 6.07) is 8.41. The molecule has 0 unspecified atom stereocenters. The van der Waals surface area contributed by atoms with E-state index in [0.717, 1.165) is 18.5 Å². The number of carbonyl (C=O) groups is 1. The molecule has 0 aliphatic heterocycles. The lowest BCUT2D eigenvalue weighted by molar-refractivity contribution is 0.102. The summed E-state index contributed by atoms with van der Waals surface area (Å²) in [7, 11) is 0. The zero-order valence-corrected chi connectivity index (χ0v) is 11.9. The van der Waals surface area contributed by atoms with Crippen molar-refractivity contribution < 1.29 is 4.79 Å². The van der Waals surface area contributed by atoms with Crippen molar-refractivity contribution in [2.45, 2.75) is 18.8 Å². The summed E-state index contributed by atoms with van der Waals surface area (Å²) in [4.78, 5) is 12.0. The van der Waals surface area contributed by atoms with E-state index in [-0.39, 0.29) is 11.6 Å². The first kappa shape index (κ1) is 13.3. The van der Waals surface area contributed by atoms with Gasteiger partial charge in [0.1, 0.15) is 0 Å². The number of benzene rings is 1. The number of nitrogens with zero attached hydrogens (tertiary/aromatic N) is 2. The molecule has 3 rings (SSSR count). The minimum absolute atomic E-state index is 0.264. The third-order valence-corrected chi connectivity index (χ3v) is 3.64. The molecule has 0 radical (unpaired) electrons. The van der Waals surface area contributed by atoms with E-state index in [1.807, 2.05) is 6.07 Å². The van der Waals surface area contributed by atoms with Crippen molar-refractivity contribution >= 4 is 34.8 Å². The Bertz CT molecular complexity index is 654. The van der Waals surface area contributed by atoms with Crippen LogP contribution in [0.3, 0.4) is 0 Å². The maximum atomic E-state index is 12.0. The van der Waals surface area contributed by atoms with Gasteiger partial charge >= 0.3 is 0 Å². The quantitative estimate of drug-likeness (QED) is 0.935. The molecular weight excluding hydrogens is 297 g/mol. The second kappa shape index (κ2) is 5.38. The lowest BCUT2D eigenvalue weighted by Crippen LogP contribution is -2.14. The fourth-order valence-electron chi connectivity index (χ4n) is 1.84. The number of halogens is 2. The van der Waals surface area contributed by atoms with Gasteiger partial charge in [-0.25, -0.2) is 0 Å². The molecule has 1 aromatic heterocycles. The van der Waals surface area contributed by atoms with Crippen molar-refractivity contribution in [1.29, 1.82) is 0 Å². The number of nitrogens with one attached hydrogen (secondary N) is 1. The highest BCUT2D eigenvalue weighted by Crippen LogP contribution is 2.38. The lowest BCUT2D eigenvalue weighted by atomic mass is 10.2. The van der Waals surface area contributed by atoms with Gasteiger partial charge in [0.05, 0.1) is 16.4 Å². The standard InChI is InChI=1S/C14H11Cl2N3O/c15-9-3-4-12(10(16)7-9)17-14(20)13-6-5-11(18-19-13)8-1-2-8/h3-8H,1-2H2,(H,17,20). The van der Waals surface area contributed by atoms with E-state index in [1.54, 1.807) is 24.3 Å². The van der Waals surface area contributed by atoms with Crippen molar-refractivity contribution in [3.05, 3.63) is 51.8 Å². The number of amides is 1. The van der Waals surface area contributed by atoms with Crippen LogP contribution in [0.2, 0.25) is 10.0 Å². The molecule has 1 aromatic carbocycles. The van der Waals surface area contributed by atoms with E-state index in [4.69, 9.17) is 23.2 Å². The maximum absolute atomic E-state index is 12.0. The van der Waals surface area contributed by atoms with Gasteiger partial charge in [-0.3, -0.25) is 4.79 Å². The number of hydrogen-bond donors (Lipinski definition) is 1. The summed E-state index contributed by atoms with van der Waals surface area (Å²) in [5, 5.41) is 11.6. The van der Waals surface area contributed by atoms with Crippen LogP contribution >= 0.6 is 23.2 Å². The monoisotopic (exact) mass is 307 g/mol. The Balaban J connectivity index is 1.74. The number of carbonyl (C=O) groups excluding carboxylic acids is 1. The van der Waals surface area contributed by atoms with Gasteiger partial charge in [-0.2, -0.15) is 5.10 Å². The summed E-state index contributed by atoms with van der Waals surface area (Å²) in [6.07, 6.45) is 2.31. The first-order valence-electron chi connectivity index (χ1n) is 6.23. The number of hydrogen-bond acceptors (Lipinski definition) is 3. The molecule has 4 nitrogen and oxygen atoms in total. The highest BCUT2D eigenvalue weighted by atomic mass is 35.5. The van der Waals surface area contributed by atoms with Gasteiger partial charge in [-0.05, 0) is 43.2 Å². The van der Waals surface area contributed by atoms with Crippen LogP contribution < -0.4 is 5.32 Å². The number of rotatable bonds is 3. The molecule has 0 atom stereocenters. The predicted octanol–water partition coefficient (Wildman–Crippen LogP) is 3.91. The van der Waals surface area contributed by atoms with E-state index >= 15 is 0 Å². The van der Waals surface area contributed by atoms with Gasteiger partial charge in [0.15, 0.2) is 5.69 Å². The van der Waals surface area contributed by atoms with Crippen LogP contribution in [-0.2, 0) is 0 Å². The van der Waals surface area contributed by atoms with Crippen molar-refractivity contribution in [3.63, 3.8) is 0 Å². The fraction of sp³-hybridized carbons (Fsp3) is 0.214. The van der Waals surface area contributed by atoms with Crippen LogP contribution in [0.25, 0.3) is 0 Å². The molecule has 1 aliphatic carbocycles. The molecule has 0 spiro atoms. The van der Waals surface area contributed by atoms with Crippen molar-refractivity contribution in [2.24, 2.45) is 0 Å². The fourth-order valence-corrected chi connectivity index (χ4v) is 2.29. The third kappa shape index (κ3) is 2.92. The highest BCUT2D eigenvalue weighted by Gasteiger charge is 2.25. The van der Waals surface area contributed by atoms with Gasteiger partial charge in [-0.1, -0.05) is 23.2 Å². The molecular formula is C14H11Cl2N3O. The Kier molecular flexibility index (Phi) is 3.59. The van der Waals surface area contributed by atoms with E-state index in [2.05, 4.69) is 15.5 Å². The Hall–Kier alpha value is -1.65. The minimum Gasteiger partial charge on any atom is -0.319 e. The average Bonchev–Trinajstić information content (AvgIpc) is 3.26. The van der Waals surface area contributed by atoms with Gasteiger partial charge in [-0.15, -0.1) is 5.10 Å². The Morgan fingerprint density at radius 2 is 1.95 bits per heavy atom. The molecule has 2 aromatic rings. The number of aromatic nitrogens is 2. The molecule has 6 heteroatoms. The largest absolute Gasteiger partial charge is 0.319 e.